The summed E-state index contributed by atoms with van der Waals surface area (Å²) in [7, 11) is 0. The molecule has 0 spiro atoms. The molecule has 0 saturated heterocycles. The SMILES string of the molecule is CC(=O)c1ccc(Cn2c3c(c4cc(F)cc(F)c42)CCCC(CC(=O)O)C3)cc1. The van der Waals surface area contributed by atoms with E-state index in [2.05, 4.69) is 0 Å². The number of carboxylic acids is 1. The van der Waals surface area contributed by atoms with Gasteiger partial charge in [-0.2, -0.15) is 0 Å². The Balaban J connectivity index is 1.83. The van der Waals surface area contributed by atoms with Crippen molar-refractivity contribution in [2.45, 2.75) is 45.6 Å². The van der Waals surface area contributed by atoms with Crippen LogP contribution in [0.2, 0.25) is 0 Å². The van der Waals surface area contributed by atoms with Crippen LogP contribution in [0.15, 0.2) is 36.4 Å². The number of aryl methyl sites for hydroxylation is 1. The molecular weight excluding hydrogens is 388 g/mol. The van der Waals surface area contributed by atoms with Crippen LogP contribution < -0.4 is 0 Å². The maximum atomic E-state index is 14.9. The predicted octanol–water partition coefficient (Wildman–Crippen LogP) is 5.14. The van der Waals surface area contributed by atoms with Gasteiger partial charge >= 0.3 is 5.97 Å². The van der Waals surface area contributed by atoms with E-state index in [1.54, 1.807) is 12.1 Å². The lowest BCUT2D eigenvalue weighted by molar-refractivity contribution is -0.138. The molecule has 0 amide bonds. The Morgan fingerprint density at radius 2 is 1.90 bits per heavy atom. The fraction of sp³-hybridized carbons (Fsp3) is 0.333. The number of rotatable bonds is 5. The van der Waals surface area contributed by atoms with Crippen molar-refractivity contribution in [1.82, 2.24) is 4.57 Å². The van der Waals surface area contributed by atoms with Gasteiger partial charge in [0, 0.05) is 35.7 Å². The van der Waals surface area contributed by atoms with Crippen LogP contribution in [0.3, 0.4) is 0 Å². The van der Waals surface area contributed by atoms with Gasteiger partial charge in [-0.15, -0.1) is 0 Å². The van der Waals surface area contributed by atoms with E-state index in [9.17, 15) is 23.5 Å². The van der Waals surface area contributed by atoms with Crippen LogP contribution in [0, 0.1) is 17.6 Å². The summed E-state index contributed by atoms with van der Waals surface area (Å²) in [6, 6.07) is 9.43. The first-order valence-electron chi connectivity index (χ1n) is 10.1. The van der Waals surface area contributed by atoms with Crippen molar-refractivity contribution in [3.8, 4) is 0 Å². The molecule has 4 nitrogen and oxygen atoms in total. The average molecular weight is 411 g/mol. The predicted molar refractivity (Wildman–Crippen MR) is 110 cm³/mol. The molecule has 1 unspecified atom stereocenters. The van der Waals surface area contributed by atoms with Gasteiger partial charge in [0.25, 0.3) is 0 Å². The van der Waals surface area contributed by atoms with Crippen molar-refractivity contribution in [3.05, 3.63) is 70.4 Å². The van der Waals surface area contributed by atoms with Crippen LogP contribution in [-0.4, -0.2) is 21.4 Å². The van der Waals surface area contributed by atoms with Gasteiger partial charge in [-0.25, -0.2) is 8.78 Å². The van der Waals surface area contributed by atoms with Crippen molar-refractivity contribution in [3.63, 3.8) is 0 Å². The minimum atomic E-state index is -0.844. The Morgan fingerprint density at radius 3 is 2.57 bits per heavy atom. The maximum absolute atomic E-state index is 14.9. The van der Waals surface area contributed by atoms with E-state index in [0.717, 1.165) is 35.7 Å². The Kier molecular flexibility index (Phi) is 5.41. The smallest absolute Gasteiger partial charge is 0.303 e. The van der Waals surface area contributed by atoms with Crippen LogP contribution in [0.25, 0.3) is 10.9 Å². The summed E-state index contributed by atoms with van der Waals surface area (Å²) in [6.45, 7) is 1.87. The van der Waals surface area contributed by atoms with Crippen molar-refractivity contribution in [2.75, 3.05) is 0 Å². The lowest BCUT2D eigenvalue weighted by Crippen LogP contribution is -2.13. The number of Topliss-reactive ketones (excluding diaryl/α,β-unsaturated/α-hetero) is 1. The molecule has 4 rings (SSSR count). The normalized spacial score (nSPS) is 16.3. The zero-order valence-electron chi connectivity index (χ0n) is 16.8. The molecular formula is C24H23F2NO3. The topological polar surface area (TPSA) is 59.3 Å². The number of carbonyl (C=O) groups is 2. The molecule has 1 atom stereocenters. The molecule has 1 aliphatic carbocycles. The summed E-state index contributed by atoms with van der Waals surface area (Å²) in [4.78, 5) is 22.8. The Morgan fingerprint density at radius 1 is 1.17 bits per heavy atom. The molecule has 156 valence electrons. The third-order valence-electron chi connectivity index (χ3n) is 5.98. The second-order valence-corrected chi connectivity index (χ2v) is 8.11. The van der Waals surface area contributed by atoms with E-state index in [1.165, 1.54) is 13.0 Å². The van der Waals surface area contributed by atoms with E-state index < -0.39 is 17.6 Å². The largest absolute Gasteiger partial charge is 0.481 e. The van der Waals surface area contributed by atoms with Gasteiger partial charge in [-0.3, -0.25) is 9.59 Å². The molecule has 2 aromatic carbocycles. The molecule has 0 bridgehead atoms. The fourth-order valence-corrected chi connectivity index (χ4v) is 4.60. The Bertz CT molecular complexity index is 1130. The minimum absolute atomic E-state index is 0.0279. The van der Waals surface area contributed by atoms with E-state index in [1.807, 2.05) is 16.7 Å². The van der Waals surface area contributed by atoms with E-state index in [0.29, 0.717) is 35.9 Å². The molecule has 1 heterocycles. The molecule has 1 N–H and O–H groups in total. The number of benzene rings is 2. The van der Waals surface area contributed by atoms with Crippen LogP contribution >= 0.6 is 0 Å². The number of hydrogen-bond acceptors (Lipinski definition) is 2. The summed E-state index contributed by atoms with van der Waals surface area (Å²) in [5.74, 6) is -2.15. The highest BCUT2D eigenvalue weighted by molar-refractivity contribution is 5.94. The summed E-state index contributed by atoms with van der Waals surface area (Å²) < 4.78 is 30.8. The van der Waals surface area contributed by atoms with Crippen LogP contribution in [0.1, 0.15) is 53.4 Å². The first-order chi connectivity index (χ1) is 14.3. The number of hydrogen-bond donors (Lipinski definition) is 1. The van der Waals surface area contributed by atoms with Gasteiger partial charge in [-0.1, -0.05) is 24.3 Å². The number of aliphatic carboxylic acids is 1. The summed E-state index contributed by atoms with van der Waals surface area (Å²) >= 11 is 0. The average Bonchev–Trinajstić information content (AvgIpc) is 2.82. The highest BCUT2D eigenvalue weighted by atomic mass is 19.1. The zero-order chi connectivity index (χ0) is 21.4. The summed E-state index contributed by atoms with van der Waals surface area (Å²) in [5.41, 5.74) is 3.64. The van der Waals surface area contributed by atoms with Crippen LogP contribution in [0.5, 0.6) is 0 Å². The third kappa shape index (κ3) is 3.86. The fourth-order valence-electron chi connectivity index (χ4n) is 4.60. The number of aromatic nitrogens is 1. The van der Waals surface area contributed by atoms with Crippen molar-refractivity contribution >= 4 is 22.7 Å². The third-order valence-corrected chi connectivity index (χ3v) is 5.98. The van der Waals surface area contributed by atoms with Crippen LogP contribution in [-0.2, 0) is 24.2 Å². The Labute approximate surface area is 173 Å². The number of carboxylic acid groups (broad SMARTS) is 1. The minimum Gasteiger partial charge on any atom is -0.481 e. The highest BCUT2D eigenvalue weighted by Gasteiger charge is 2.27. The molecule has 3 aromatic rings. The number of fused-ring (bicyclic) bond motifs is 3. The van der Waals surface area contributed by atoms with Gasteiger partial charge in [-0.05, 0) is 55.7 Å². The molecule has 0 aliphatic heterocycles. The second-order valence-electron chi connectivity index (χ2n) is 8.11. The lowest BCUT2D eigenvalue weighted by atomic mass is 9.96. The van der Waals surface area contributed by atoms with Crippen molar-refractivity contribution in [2.24, 2.45) is 5.92 Å². The number of carbonyl (C=O) groups excluding carboxylic acids is 1. The van der Waals surface area contributed by atoms with Gasteiger partial charge in [0.1, 0.15) is 11.6 Å². The molecule has 30 heavy (non-hydrogen) atoms. The summed E-state index contributed by atoms with van der Waals surface area (Å²) in [5, 5.41) is 9.83. The van der Waals surface area contributed by atoms with E-state index >= 15 is 0 Å². The van der Waals surface area contributed by atoms with Crippen LogP contribution in [0.4, 0.5) is 8.78 Å². The number of nitrogens with zero attached hydrogens (tertiary/aromatic N) is 1. The second kappa shape index (κ2) is 8.01. The first kappa shape index (κ1) is 20.3. The monoisotopic (exact) mass is 411 g/mol. The quantitative estimate of drug-likeness (QED) is 0.467. The number of halogens is 2. The van der Waals surface area contributed by atoms with Gasteiger partial charge < -0.3 is 9.67 Å². The van der Waals surface area contributed by atoms with Gasteiger partial charge in [0.2, 0.25) is 0 Å². The van der Waals surface area contributed by atoms with E-state index in [-0.39, 0.29) is 18.1 Å². The van der Waals surface area contributed by atoms with E-state index in [4.69, 9.17) is 0 Å². The van der Waals surface area contributed by atoms with Crippen molar-refractivity contribution < 1.29 is 23.5 Å². The molecule has 1 aromatic heterocycles. The van der Waals surface area contributed by atoms with Crippen molar-refractivity contribution in [1.29, 1.82) is 0 Å². The van der Waals surface area contributed by atoms with Gasteiger partial charge in [0.05, 0.1) is 5.52 Å². The molecule has 0 saturated carbocycles. The van der Waals surface area contributed by atoms with Gasteiger partial charge in [0.15, 0.2) is 5.78 Å². The standard InChI is InChI=1S/C24H23F2NO3/c1-14(28)17-7-5-15(6-8-17)13-27-22-9-16(10-23(29)30)3-2-4-19(22)20-11-18(25)12-21(26)24(20)27/h5-8,11-12,16H,2-4,9-10,13H2,1H3,(H,29,30). The summed E-state index contributed by atoms with van der Waals surface area (Å²) in [6.07, 6.45) is 2.80. The lowest BCUT2D eigenvalue weighted by Gasteiger charge is -2.16. The molecule has 0 fully saturated rings. The maximum Gasteiger partial charge on any atom is 0.303 e. The Hall–Kier alpha value is -3.02. The molecule has 1 aliphatic rings. The number of ketones is 1. The molecule has 6 heteroatoms. The first-order valence-corrected chi connectivity index (χ1v) is 10.1. The molecule has 0 radical (unpaired) electrons. The highest BCUT2D eigenvalue weighted by Crippen LogP contribution is 2.36. The zero-order valence-corrected chi connectivity index (χ0v) is 16.8.